The summed E-state index contributed by atoms with van der Waals surface area (Å²) in [6.07, 6.45) is 2.05. The van der Waals surface area contributed by atoms with Crippen molar-refractivity contribution in [2.75, 3.05) is 25.5 Å². The SMILES string of the molecule is CN1CCC(N2Cc3ccc(O)cc3NC2=O)CC1. The second-order valence-electron chi connectivity index (χ2n) is 5.43. The van der Waals surface area contributed by atoms with E-state index in [9.17, 15) is 9.90 Å². The fourth-order valence-corrected chi connectivity index (χ4v) is 2.86. The number of nitrogens with one attached hydrogen (secondary N) is 1. The highest BCUT2D eigenvalue weighted by Gasteiger charge is 2.30. The molecule has 1 aromatic carbocycles. The maximum absolute atomic E-state index is 12.2. The van der Waals surface area contributed by atoms with Crippen LogP contribution in [0.25, 0.3) is 0 Å². The lowest BCUT2D eigenvalue weighted by atomic mass is 10.0. The molecule has 2 heterocycles. The lowest BCUT2D eigenvalue weighted by Gasteiger charge is -2.39. The largest absolute Gasteiger partial charge is 0.508 e. The standard InChI is InChI=1S/C14H19N3O2/c1-16-6-4-11(5-7-16)17-9-10-2-3-12(18)8-13(10)15-14(17)19/h2-3,8,11,18H,4-7,9H2,1H3,(H,15,19). The van der Waals surface area contributed by atoms with E-state index in [2.05, 4.69) is 17.3 Å². The average Bonchev–Trinajstić information content (AvgIpc) is 2.39. The first kappa shape index (κ1) is 12.3. The molecule has 0 bridgehead atoms. The Morgan fingerprint density at radius 3 is 2.79 bits per heavy atom. The smallest absolute Gasteiger partial charge is 0.322 e. The van der Waals surface area contributed by atoms with Crippen molar-refractivity contribution >= 4 is 11.7 Å². The first-order chi connectivity index (χ1) is 9.13. The van der Waals surface area contributed by atoms with Gasteiger partial charge in [-0.15, -0.1) is 0 Å². The van der Waals surface area contributed by atoms with Gasteiger partial charge in [0.2, 0.25) is 0 Å². The van der Waals surface area contributed by atoms with Gasteiger partial charge in [0.15, 0.2) is 0 Å². The summed E-state index contributed by atoms with van der Waals surface area (Å²) in [6, 6.07) is 5.43. The third-order valence-electron chi connectivity index (χ3n) is 4.07. The van der Waals surface area contributed by atoms with E-state index in [1.165, 1.54) is 0 Å². The van der Waals surface area contributed by atoms with Crippen LogP contribution in [0.2, 0.25) is 0 Å². The van der Waals surface area contributed by atoms with Gasteiger partial charge in [0, 0.05) is 18.7 Å². The van der Waals surface area contributed by atoms with Crippen molar-refractivity contribution in [2.24, 2.45) is 0 Å². The molecule has 0 radical (unpaired) electrons. The highest BCUT2D eigenvalue weighted by Crippen LogP contribution is 2.29. The van der Waals surface area contributed by atoms with Gasteiger partial charge in [-0.05, 0) is 44.6 Å². The third kappa shape index (κ3) is 2.38. The third-order valence-corrected chi connectivity index (χ3v) is 4.07. The van der Waals surface area contributed by atoms with Crippen molar-refractivity contribution in [1.82, 2.24) is 9.80 Å². The Labute approximate surface area is 112 Å². The summed E-state index contributed by atoms with van der Waals surface area (Å²) in [5.41, 5.74) is 1.80. The molecular weight excluding hydrogens is 242 g/mol. The van der Waals surface area contributed by atoms with Gasteiger partial charge in [-0.25, -0.2) is 4.79 Å². The van der Waals surface area contributed by atoms with E-state index < -0.39 is 0 Å². The van der Waals surface area contributed by atoms with Gasteiger partial charge >= 0.3 is 6.03 Å². The number of likely N-dealkylation sites (tertiary alicyclic amines) is 1. The summed E-state index contributed by atoms with van der Waals surface area (Å²) in [6.45, 7) is 2.71. The van der Waals surface area contributed by atoms with Crippen LogP contribution < -0.4 is 5.32 Å². The summed E-state index contributed by atoms with van der Waals surface area (Å²) < 4.78 is 0. The number of hydrogen-bond acceptors (Lipinski definition) is 3. The highest BCUT2D eigenvalue weighted by molar-refractivity contribution is 5.92. The number of piperidine rings is 1. The summed E-state index contributed by atoms with van der Waals surface area (Å²) >= 11 is 0. The Hall–Kier alpha value is -1.75. The molecule has 0 saturated carbocycles. The number of benzene rings is 1. The first-order valence-electron chi connectivity index (χ1n) is 6.71. The summed E-state index contributed by atoms with van der Waals surface area (Å²) in [5.74, 6) is 0.187. The quantitative estimate of drug-likeness (QED) is 0.811. The lowest BCUT2D eigenvalue weighted by Crippen LogP contribution is -2.49. The van der Waals surface area contributed by atoms with E-state index in [4.69, 9.17) is 0 Å². The van der Waals surface area contributed by atoms with Crippen molar-refractivity contribution in [3.05, 3.63) is 23.8 Å². The zero-order valence-electron chi connectivity index (χ0n) is 11.1. The van der Waals surface area contributed by atoms with E-state index in [0.29, 0.717) is 12.6 Å². The Bertz CT molecular complexity index is 495. The van der Waals surface area contributed by atoms with Crippen LogP contribution in [-0.4, -0.2) is 47.1 Å². The minimum atomic E-state index is -0.0485. The molecule has 1 saturated heterocycles. The van der Waals surface area contributed by atoms with Gasteiger partial charge in [-0.2, -0.15) is 0 Å². The molecule has 2 aliphatic heterocycles. The Kier molecular flexibility index (Phi) is 3.06. The van der Waals surface area contributed by atoms with Crippen molar-refractivity contribution in [1.29, 1.82) is 0 Å². The second-order valence-corrected chi connectivity index (χ2v) is 5.43. The molecule has 3 rings (SSSR count). The van der Waals surface area contributed by atoms with Crippen LogP contribution in [0.5, 0.6) is 5.75 Å². The van der Waals surface area contributed by atoms with Gasteiger partial charge < -0.3 is 20.2 Å². The molecule has 2 amide bonds. The number of carbonyl (C=O) groups is 1. The number of aromatic hydroxyl groups is 1. The second kappa shape index (κ2) is 4.74. The number of carbonyl (C=O) groups excluding carboxylic acids is 1. The maximum Gasteiger partial charge on any atom is 0.322 e. The van der Waals surface area contributed by atoms with E-state index >= 15 is 0 Å². The molecule has 0 unspecified atom stereocenters. The van der Waals surface area contributed by atoms with Gasteiger partial charge in [0.1, 0.15) is 5.75 Å². The molecule has 0 aliphatic carbocycles. The van der Waals surface area contributed by atoms with Gasteiger partial charge in [-0.1, -0.05) is 6.07 Å². The molecule has 1 fully saturated rings. The van der Waals surface area contributed by atoms with E-state index in [1.807, 2.05) is 11.0 Å². The molecule has 2 N–H and O–H groups in total. The number of hydrogen-bond donors (Lipinski definition) is 2. The summed E-state index contributed by atoms with van der Waals surface area (Å²) in [4.78, 5) is 16.4. The minimum absolute atomic E-state index is 0.0485. The monoisotopic (exact) mass is 261 g/mol. The van der Waals surface area contributed by atoms with Crippen LogP contribution in [0.15, 0.2) is 18.2 Å². The lowest BCUT2D eigenvalue weighted by molar-refractivity contribution is 0.133. The molecule has 102 valence electrons. The van der Waals surface area contributed by atoms with Crippen molar-refractivity contribution in [3.8, 4) is 5.75 Å². The zero-order chi connectivity index (χ0) is 13.4. The predicted molar refractivity (Wildman–Crippen MR) is 73.2 cm³/mol. The summed E-state index contributed by atoms with van der Waals surface area (Å²) in [5, 5.41) is 12.3. The van der Waals surface area contributed by atoms with Gasteiger partial charge in [-0.3, -0.25) is 0 Å². The molecule has 19 heavy (non-hydrogen) atoms. The number of phenols is 1. The normalized spacial score (nSPS) is 21.1. The molecular formula is C14H19N3O2. The van der Waals surface area contributed by atoms with Crippen LogP contribution in [0.1, 0.15) is 18.4 Å². The Morgan fingerprint density at radius 1 is 1.32 bits per heavy atom. The van der Waals surface area contributed by atoms with E-state index in [-0.39, 0.29) is 11.8 Å². The van der Waals surface area contributed by atoms with Crippen LogP contribution >= 0.6 is 0 Å². The Balaban J connectivity index is 1.78. The Morgan fingerprint density at radius 2 is 2.05 bits per heavy atom. The minimum Gasteiger partial charge on any atom is -0.508 e. The number of anilines is 1. The van der Waals surface area contributed by atoms with Crippen LogP contribution in [-0.2, 0) is 6.54 Å². The number of rotatable bonds is 1. The zero-order valence-corrected chi connectivity index (χ0v) is 11.1. The molecule has 1 aromatic rings. The predicted octanol–water partition coefficient (Wildman–Crippen LogP) is 1.83. The van der Waals surface area contributed by atoms with Crippen LogP contribution in [0.3, 0.4) is 0 Å². The van der Waals surface area contributed by atoms with Gasteiger partial charge in [0.05, 0.1) is 5.69 Å². The van der Waals surface area contributed by atoms with Crippen molar-refractivity contribution in [2.45, 2.75) is 25.4 Å². The first-order valence-corrected chi connectivity index (χ1v) is 6.71. The summed E-state index contributed by atoms with van der Waals surface area (Å²) in [7, 11) is 2.12. The number of nitrogens with zero attached hydrogens (tertiary/aromatic N) is 2. The molecule has 0 spiro atoms. The average molecular weight is 261 g/mol. The topological polar surface area (TPSA) is 55.8 Å². The number of amides is 2. The number of urea groups is 1. The highest BCUT2D eigenvalue weighted by atomic mass is 16.3. The van der Waals surface area contributed by atoms with Crippen LogP contribution in [0, 0.1) is 0 Å². The number of fused-ring (bicyclic) bond motifs is 1. The number of phenolic OH excluding ortho intramolecular Hbond substituents is 1. The van der Waals surface area contributed by atoms with Crippen molar-refractivity contribution < 1.29 is 9.90 Å². The van der Waals surface area contributed by atoms with Crippen molar-refractivity contribution in [3.63, 3.8) is 0 Å². The van der Waals surface area contributed by atoms with Gasteiger partial charge in [0.25, 0.3) is 0 Å². The fourth-order valence-electron chi connectivity index (χ4n) is 2.86. The molecule has 2 aliphatic rings. The molecule has 0 aromatic heterocycles. The molecule has 5 nitrogen and oxygen atoms in total. The molecule has 0 atom stereocenters. The van der Waals surface area contributed by atoms with E-state index in [0.717, 1.165) is 37.2 Å². The van der Waals surface area contributed by atoms with E-state index in [1.54, 1.807) is 12.1 Å². The fraction of sp³-hybridized carbons (Fsp3) is 0.500. The molecule has 5 heteroatoms. The van der Waals surface area contributed by atoms with Crippen LogP contribution in [0.4, 0.5) is 10.5 Å². The maximum atomic E-state index is 12.2.